The number of amides is 1. The van der Waals surface area contributed by atoms with Crippen LogP contribution < -0.4 is 5.32 Å². The molecule has 0 fully saturated rings. The van der Waals surface area contributed by atoms with E-state index < -0.39 is 16.1 Å². The highest BCUT2D eigenvalue weighted by Gasteiger charge is 2.32. The van der Waals surface area contributed by atoms with Crippen LogP contribution in [0.2, 0.25) is 4.34 Å². The Morgan fingerprint density at radius 1 is 1.25 bits per heavy atom. The molecule has 5 nitrogen and oxygen atoms in total. The highest BCUT2D eigenvalue weighted by Crippen LogP contribution is 2.29. The molecule has 1 aromatic heterocycles. The first-order valence-corrected chi connectivity index (χ1v) is 10.0. The van der Waals surface area contributed by atoms with Gasteiger partial charge in [0.05, 0.1) is 4.34 Å². The molecular weight excluding hydrogens is 368 g/mol. The van der Waals surface area contributed by atoms with Gasteiger partial charge >= 0.3 is 0 Å². The van der Waals surface area contributed by atoms with Crippen molar-refractivity contribution in [2.45, 2.75) is 31.0 Å². The topological polar surface area (TPSA) is 66.5 Å². The van der Waals surface area contributed by atoms with E-state index in [0.29, 0.717) is 10.0 Å². The first-order chi connectivity index (χ1) is 11.3. The van der Waals surface area contributed by atoms with Crippen LogP contribution >= 0.6 is 22.9 Å². The van der Waals surface area contributed by atoms with Crippen LogP contribution in [-0.2, 0) is 14.8 Å². The third-order valence-corrected chi connectivity index (χ3v) is 7.30. The Hall–Kier alpha value is -1.41. The molecule has 0 unspecified atom stereocenters. The van der Waals surface area contributed by atoms with E-state index in [-0.39, 0.29) is 16.7 Å². The number of benzene rings is 1. The number of likely N-dealkylation sites (N-methyl/N-ethyl adjacent to an activating group) is 1. The Morgan fingerprint density at radius 3 is 2.38 bits per heavy atom. The van der Waals surface area contributed by atoms with Crippen LogP contribution in [-0.4, -0.2) is 31.2 Å². The second kappa shape index (κ2) is 7.65. The van der Waals surface area contributed by atoms with Crippen LogP contribution in [0.4, 0.5) is 5.69 Å². The van der Waals surface area contributed by atoms with Gasteiger partial charge < -0.3 is 5.32 Å². The summed E-state index contributed by atoms with van der Waals surface area (Å²) in [6.07, 6.45) is 0. The van der Waals surface area contributed by atoms with Gasteiger partial charge in [-0.05, 0) is 38.1 Å². The van der Waals surface area contributed by atoms with Crippen molar-refractivity contribution in [2.75, 3.05) is 11.9 Å². The summed E-state index contributed by atoms with van der Waals surface area (Å²) in [5.74, 6) is -0.382. The zero-order chi connectivity index (χ0) is 17.9. The molecule has 0 spiro atoms. The third-order valence-electron chi connectivity index (χ3n) is 3.55. The summed E-state index contributed by atoms with van der Waals surface area (Å²) in [7, 11) is -3.77. The molecule has 2 rings (SSSR count). The molecule has 1 N–H and O–H groups in total. The lowest BCUT2D eigenvalue weighted by atomic mass is 10.2. The van der Waals surface area contributed by atoms with Crippen LogP contribution in [0.1, 0.15) is 19.4 Å². The SMILES string of the molecule is CCN([C@@H](C)C(=O)Nc1ccc(C)cc1)S(=O)(=O)c1ccc(Cl)s1. The lowest BCUT2D eigenvalue weighted by Gasteiger charge is -2.25. The van der Waals surface area contributed by atoms with Crippen molar-refractivity contribution in [3.8, 4) is 0 Å². The number of thiophene rings is 1. The first-order valence-electron chi connectivity index (χ1n) is 7.40. The van der Waals surface area contributed by atoms with Gasteiger partial charge in [-0.2, -0.15) is 4.31 Å². The molecule has 24 heavy (non-hydrogen) atoms. The second-order valence-corrected chi connectivity index (χ2v) is 9.13. The fourth-order valence-electron chi connectivity index (χ4n) is 2.22. The number of anilines is 1. The number of hydrogen-bond donors (Lipinski definition) is 1. The number of carbonyl (C=O) groups is 1. The van der Waals surface area contributed by atoms with Gasteiger partial charge in [-0.3, -0.25) is 4.79 Å². The monoisotopic (exact) mass is 386 g/mol. The molecule has 0 saturated heterocycles. The number of hydrogen-bond acceptors (Lipinski definition) is 4. The number of carbonyl (C=O) groups excluding carboxylic acids is 1. The fraction of sp³-hybridized carbons (Fsp3) is 0.312. The highest BCUT2D eigenvalue weighted by atomic mass is 35.5. The lowest BCUT2D eigenvalue weighted by molar-refractivity contribution is -0.119. The predicted molar refractivity (Wildman–Crippen MR) is 98.2 cm³/mol. The molecule has 0 aliphatic heterocycles. The van der Waals surface area contributed by atoms with E-state index >= 15 is 0 Å². The smallest absolute Gasteiger partial charge is 0.253 e. The summed E-state index contributed by atoms with van der Waals surface area (Å²) < 4.78 is 27.1. The van der Waals surface area contributed by atoms with Crippen LogP contribution in [0.3, 0.4) is 0 Å². The molecule has 0 radical (unpaired) electrons. The van der Waals surface area contributed by atoms with E-state index in [1.165, 1.54) is 16.4 Å². The molecule has 1 atom stereocenters. The summed E-state index contributed by atoms with van der Waals surface area (Å²) in [6.45, 7) is 5.40. The molecule has 0 aliphatic rings. The summed E-state index contributed by atoms with van der Waals surface area (Å²) in [5, 5.41) is 2.74. The van der Waals surface area contributed by atoms with Crippen molar-refractivity contribution >= 4 is 44.6 Å². The Kier molecular flexibility index (Phi) is 6.03. The Morgan fingerprint density at radius 2 is 1.88 bits per heavy atom. The Labute approximate surface area is 151 Å². The zero-order valence-corrected chi connectivity index (χ0v) is 16.0. The third kappa shape index (κ3) is 4.16. The average Bonchev–Trinajstić information content (AvgIpc) is 2.97. The van der Waals surface area contributed by atoms with Crippen molar-refractivity contribution in [1.82, 2.24) is 4.31 Å². The molecule has 0 aliphatic carbocycles. The number of sulfonamides is 1. The quantitative estimate of drug-likeness (QED) is 0.822. The van der Waals surface area contributed by atoms with E-state index in [9.17, 15) is 13.2 Å². The van der Waals surface area contributed by atoms with Crippen molar-refractivity contribution < 1.29 is 13.2 Å². The number of nitrogens with one attached hydrogen (secondary N) is 1. The molecule has 1 heterocycles. The number of halogens is 1. The van der Waals surface area contributed by atoms with E-state index in [0.717, 1.165) is 16.9 Å². The second-order valence-electron chi connectivity index (χ2n) is 5.30. The lowest BCUT2D eigenvalue weighted by Crippen LogP contribution is -2.45. The average molecular weight is 387 g/mol. The number of nitrogens with zero attached hydrogens (tertiary/aromatic N) is 1. The number of aryl methyl sites for hydroxylation is 1. The van der Waals surface area contributed by atoms with E-state index in [1.54, 1.807) is 26.0 Å². The summed E-state index contributed by atoms with van der Waals surface area (Å²) in [4.78, 5) is 12.4. The molecule has 1 aromatic carbocycles. The van der Waals surface area contributed by atoms with Crippen LogP contribution in [0.15, 0.2) is 40.6 Å². The minimum absolute atomic E-state index is 0.129. The van der Waals surface area contributed by atoms with E-state index in [1.807, 2.05) is 19.1 Å². The standard InChI is InChI=1S/C16H19ClN2O3S2/c1-4-19(24(21,22)15-10-9-14(17)23-15)12(3)16(20)18-13-7-5-11(2)6-8-13/h5-10,12H,4H2,1-3H3,(H,18,20)/t12-/m0/s1. The zero-order valence-electron chi connectivity index (χ0n) is 13.6. The van der Waals surface area contributed by atoms with Gasteiger partial charge in [0.1, 0.15) is 10.3 Å². The van der Waals surface area contributed by atoms with E-state index in [4.69, 9.17) is 11.6 Å². The van der Waals surface area contributed by atoms with Crippen LogP contribution in [0.25, 0.3) is 0 Å². The first kappa shape index (κ1) is 18.9. The summed E-state index contributed by atoms with van der Waals surface area (Å²) in [5.41, 5.74) is 1.71. The van der Waals surface area contributed by atoms with Gasteiger partial charge in [-0.1, -0.05) is 36.2 Å². The maximum Gasteiger partial charge on any atom is 0.253 e. The largest absolute Gasteiger partial charge is 0.325 e. The maximum absolute atomic E-state index is 12.7. The highest BCUT2D eigenvalue weighted by molar-refractivity contribution is 7.91. The molecular formula is C16H19ClN2O3S2. The van der Waals surface area contributed by atoms with Crippen molar-refractivity contribution in [3.63, 3.8) is 0 Å². The molecule has 2 aromatic rings. The Balaban J connectivity index is 2.19. The van der Waals surface area contributed by atoms with Gasteiger partial charge in [-0.15, -0.1) is 11.3 Å². The normalized spacial score (nSPS) is 13.0. The molecule has 130 valence electrons. The van der Waals surface area contributed by atoms with Crippen molar-refractivity contribution in [3.05, 3.63) is 46.3 Å². The molecule has 0 bridgehead atoms. The molecule has 8 heteroatoms. The van der Waals surface area contributed by atoms with Crippen LogP contribution in [0, 0.1) is 6.92 Å². The van der Waals surface area contributed by atoms with Gasteiger partial charge in [0.25, 0.3) is 10.0 Å². The van der Waals surface area contributed by atoms with Crippen molar-refractivity contribution in [1.29, 1.82) is 0 Å². The molecule has 1 amide bonds. The van der Waals surface area contributed by atoms with E-state index in [2.05, 4.69) is 5.32 Å². The van der Waals surface area contributed by atoms with Gasteiger partial charge in [0, 0.05) is 12.2 Å². The fourth-order valence-corrected chi connectivity index (χ4v) is 5.43. The maximum atomic E-state index is 12.7. The van der Waals surface area contributed by atoms with Gasteiger partial charge in [0.2, 0.25) is 5.91 Å². The predicted octanol–water partition coefficient (Wildman–Crippen LogP) is 3.75. The van der Waals surface area contributed by atoms with Crippen LogP contribution in [0.5, 0.6) is 0 Å². The summed E-state index contributed by atoms with van der Waals surface area (Å²) >= 11 is 6.81. The van der Waals surface area contributed by atoms with Gasteiger partial charge in [0.15, 0.2) is 0 Å². The molecule has 0 saturated carbocycles. The minimum atomic E-state index is -3.77. The number of rotatable bonds is 6. The minimum Gasteiger partial charge on any atom is -0.325 e. The summed E-state index contributed by atoms with van der Waals surface area (Å²) in [6, 6.07) is 9.46. The Bertz CT molecular complexity index is 816. The van der Waals surface area contributed by atoms with Crippen molar-refractivity contribution in [2.24, 2.45) is 0 Å². The van der Waals surface area contributed by atoms with Gasteiger partial charge in [-0.25, -0.2) is 8.42 Å².